The van der Waals surface area contributed by atoms with E-state index >= 15 is 0 Å². The van der Waals surface area contributed by atoms with Gasteiger partial charge < -0.3 is 40.2 Å². The molecule has 14 rings (SSSR count). The second kappa shape index (κ2) is 93.3. The van der Waals surface area contributed by atoms with Gasteiger partial charge in [0.15, 0.2) is 0 Å². The maximum absolute atomic E-state index is 10.0. The average molecular weight is 1850 g/mol. The molecule has 0 saturated carbocycles. The van der Waals surface area contributed by atoms with Crippen LogP contribution in [0, 0.1) is 27.7 Å². The number of hydrogen-bond acceptors (Lipinski definition) is 10. The molecule has 1 N–H and O–H groups in total. The number of ether oxygens (including phenoxy) is 1. The average Bonchev–Trinajstić information content (AvgIpc) is 0.809. The summed E-state index contributed by atoms with van der Waals surface area (Å²) in [6.07, 6.45) is 9.54. The zero-order valence-corrected chi connectivity index (χ0v) is 84.5. The Labute approximate surface area is 776 Å². The Bertz CT molecular complexity index is 3740. The number of halogens is 1. The first-order valence-electron chi connectivity index (χ1n) is 42.0. The molecule has 0 atom stereocenters. The van der Waals surface area contributed by atoms with Crippen LogP contribution in [0.1, 0.15) is 196 Å². The van der Waals surface area contributed by atoms with Crippen LogP contribution in [0.4, 0.5) is 17.1 Å². The number of rotatable bonds is 8. The first-order chi connectivity index (χ1) is 55.7. The Kier molecular flexibility index (Phi) is 100. The Morgan fingerprint density at radius 1 is 0.397 bits per heavy atom. The molecule has 0 spiro atoms. The molecule has 3 aromatic heterocycles. The Balaban J connectivity index is -0.000000187. The molecule has 0 aliphatic carbocycles. The van der Waals surface area contributed by atoms with Gasteiger partial charge in [-0.3, -0.25) is 19.7 Å². The summed E-state index contributed by atoms with van der Waals surface area (Å²) in [6.45, 7) is 67.7. The van der Waals surface area contributed by atoms with E-state index in [-0.39, 0.29) is 89.4 Å². The van der Waals surface area contributed by atoms with Crippen LogP contribution >= 0.6 is 24.0 Å². The summed E-state index contributed by atoms with van der Waals surface area (Å²) >= 11 is 0. The van der Waals surface area contributed by atoms with E-state index in [1.54, 1.807) is 25.5 Å². The fourth-order valence-electron chi connectivity index (χ4n) is 9.99. The van der Waals surface area contributed by atoms with Crippen molar-refractivity contribution in [3.05, 3.63) is 319 Å². The van der Waals surface area contributed by atoms with Crippen molar-refractivity contribution in [2.45, 2.75) is 173 Å². The van der Waals surface area contributed by atoms with E-state index in [1.165, 1.54) is 38.8 Å². The van der Waals surface area contributed by atoms with Gasteiger partial charge in [0.25, 0.3) is 0 Å². The number of anilines is 3. The number of fused-ring (bicyclic) bond motifs is 3. The van der Waals surface area contributed by atoms with Crippen molar-refractivity contribution >= 4 is 92.4 Å². The van der Waals surface area contributed by atoms with Crippen LogP contribution in [0.3, 0.4) is 0 Å². The number of nitrogens with zero attached hydrogens (tertiary/aromatic N) is 8. The van der Waals surface area contributed by atoms with Crippen LogP contribution in [0.15, 0.2) is 255 Å². The predicted octanol–water partition coefficient (Wildman–Crippen LogP) is 28.0. The SMILES string of the molecule is CC.CC.CC.CC.CC.CC.CC.CC.CC.CC.CC.CO/C=C/c1ccccc1.Cc1ccc2c(N3CCNCC3)cccc2n1.I.O=CCc1ccccc1.O=Cc1ccccc1.[CH2-]c1cccc(C)c1.[CH2-]c1ccccc1.[Y].[Y].c1cc(N2CC[N-]CC2)c2cccnc2c1.c1cc(N2CC[N-]CC2)c2cccnc2c1. The van der Waals surface area contributed by atoms with Gasteiger partial charge in [-0.25, -0.2) is 0 Å². The number of aryl methyl sites for hydroxylation is 2. The van der Waals surface area contributed by atoms with E-state index in [0.29, 0.717) is 6.42 Å². The van der Waals surface area contributed by atoms with Gasteiger partial charge in [-0.1, -0.05) is 281 Å². The number of aromatic nitrogens is 3. The number of nitrogens with one attached hydrogen (secondary N) is 1. The van der Waals surface area contributed by atoms with Gasteiger partial charge in [-0.05, 0) is 123 Å². The third-order valence-corrected chi connectivity index (χ3v) is 14.6. The normalized spacial score (nSPS) is 10.9. The summed E-state index contributed by atoms with van der Waals surface area (Å²) < 4.78 is 4.77. The summed E-state index contributed by atoms with van der Waals surface area (Å²) in [5.74, 6) is 0. The van der Waals surface area contributed by atoms with Crippen LogP contribution in [0.2, 0.25) is 0 Å². The molecule has 3 saturated heterocycles. The topological polar surface area (TPSA) is 132 Å². The van der Waals surface area contributed by atoms with E-state index in [9.17, 15) is 9.59 Å². The number of hydrogen-bond donors (Lipinski definition) is 1. The first kappa shape index (κ1) is 124. The smallest absolute Gasteiger partial charge is 0.150 e. The summed E-state index contributed by atoms with van der Waals surface area (Å²) in [6, 6.07) is 78.4. The number of piperazine rings is 3. The molecule has 2 radical (unpaired) electrons. The molecule has 636 valence electrons. The van der Waals surface area contributed by atoms with Gasteiger partial charge >= 0.3 is 0 Å². The van der Waals surface area contributed by atoms with Crippen LogP contribution in [0.5, 0.6) is 0 Å². The zero-order chi connectivity index (χ0) is 85.9. The number of carbonyl (C=O) groups is 2. The molecule has 3 aliphatic rings. The summed E-state index contributed by atoms with van der Waals surface area (Å²) in [4.78, 5) is 40.6. The number of methoxy groups -OCH3 is 1. The first-order valence-corrected chi connectivity index (χ1v) is 42.0. The summed E-state index contributed by atoms with van der Waals surface area (Å²) in [5, 5.41) is 15.9. The number of benzene rings is 8. The largest absolute Gasteiger partial charge is 0.659 e. The Morgan fingerprint density at radius 2 is 0.750 bits per heavy atom. The van der Waals surface area contributed by atoms with Gasteiger partial charge in [0.05, 0.1) is 29.9 Å². The van der Waals surface area contributed by atoms with E-state index in [4.69, 9.17) is 4.74 Å². The second-order valence-corrected chi connectivity index (χ2v) is 21.4. The van der Waals surface area contributed by atoms with Crippen molar-refractivity contribution in [3.63, 3.8) is 0 Å². The number of carbonyl (C=O) groups excluding carboxylic acids is 2. The minimum atomic E-state index is 0. The van der Waals surface area contributed by atoms with Gasteiger partial charge in [-0.2, -0.15) is 49.2 Å². The van der Waals surface area contributed by atoms with E-state index < -0.39 is 0 Å². The molecular formula is C101H152IN9O3Y2-4. The van der Waals surface area contributed by atoms with E-state index in [2.05, 4.69) is 157 Å². The summed E-state index contributed by atoms with van der Waals surface area (Å²) in [7, 11) is 1.64. The number of aldehydes is 2. The standard InChI is InChI=1S/C14H17N3.2C13H14N3.C9H10O.C8H8O.C8H9.C7H6O.C7H7.11C2H6.HI.2Y/c1-11-5-6-12-13(16-11)3-2-4-14(12)17-9-7-15-8-10-17;2*1-4-12-11(3-2-6-15-12)13(5-1)16-9-7-14-8-10-16;1-10-8-7-9-5-3-2-4-6-9;9-7-6-8-4-2-1-3-5-8;1-7-4-3-5-8(2)6-7;8-6-7-4-2-1-3-5-7;1-7-5-3-2-4-6-7;11*1-2;;;/h2-6,15H,7-10H2,1H3;2*1-6H,7-10H2;2-8H,1H3;1-5,7H,6H2;3-6H,1H2,2H3;1-6H;2-6H,1H2;11*1-2H3;1H;;/q;2*-1;;;-1;;-1;;;;;;;;;;;;;;/b;;;8-7+;;;;;;;;;;;;;;;;;;. The molecule has 3 aliphatic heterocycles. The molecule has 8 aromatic carbocycles. The predicted molar refractivity (Wildman–Crippen MR) is 523 cm³/mol. The van der Waals surface area contributed by atoms with E-state index in [1.807, 2.05) is 311 Å². The third-order valence-electron chi connectivity index (χ3n) is 14.6. The van der Waals surface area contributed by atoms with Crippen molar-refractivity contribution in [1.29, 1.82) is 0 Å². The minimum Gasteiger partial charge on any atom is -0.659 e. The summed E-state index contributed by atoms with van der Waals surface area (Å²) in [5.41, 5.74) is 14.6. The monoisotopic (exact) mass is 1840 g/mol. The Hall–Kier alpha value is -7.17. The quantitative estimate of drug-likeness (QED) is 0.0679. The maximum Gasteiger partial charge on any atom is 0.150 e. The number of pyridine rings is 3. The van der Waals surface area contributed by atoms with Crippen molar-refractivity contribution in [2.75, 3.05) is 100 Å². The molecule has 15 heteroatoms. The third kappa shape index (κ3) is 57.0. The Morgan fingerprint density at radius 3 is 1.09 bits per heavy atom. The van der Waals surface area contributed by atoms with Crippen LogP contribution < -0.4 is 20.0 Å². The van der Waals surface area contributed by atoms with Gasteiger partial charge in [0.1, 0.15) is 12.6 Å². The molecule has 0 bridgehead atoms. The molecular weight excluding hydrogens is 1690 g/mol. The molecule has 116 heavy (non-hydrogen) atoms. The van der Waals surface area contributed by atoms with Gasteiger partial charge in [0.2, 0.25) is 0 Å². The zero-order valence-electron chi connectivity index (χ0n) is 76.5. The van der Waals surface area contributed by atoms with Crippen LogP contribution in [0.25, 0.3) is 49.4 Å². The van der Waals surface area contributed by atoms with Crippen LogP contribution in [-0.2, 0) is 81.4 Å². The molecule has 3 fully saturated rings. The molecule has 11 aromatic rings. The minimum absolute atomic E-state index is 0. The fraction of sp³-hybridized carbons (Fsp3) is 0.376. The van der Waals surface area contributed by atoms with Gasteiger partial charge in [0, 0.05) is 155 Å². The molecule has 6 heterocycles. The van der Waals surface area contributed by atoms with Gasteiger partial charge in [-0.15, -0.1) is 73.9 Å². The van der Waals surface area contributed by atoms with E-state index in [0.717, 1.165) is 141 Å². The van der Waals surface area contributed by atoms with Crippen molar-refractivity contribution in [1.82, 2.24) is 20.3 Å². The van der Waals surface area contributed by atoms with Crippen molar-refractivity contribution in [2.24, 2.45) is 0 Å². The van der Waals surface area contributed by atoms with Crippen molar-refractivity contribution in [3.8, 4) is 0 Å². The molecule has 0 unspecified atom stereocenters. The molecule has 12 nitrogen and oxygen atoms in total. The fourth-order valence-corrected chi connectivity index (χ4v) is 9.99. The van der Waals surface area contributed by atoms with Crippen LogP contribution in [-0.4, -0.2) is 113 Å². The maximum atomic E-state index is 10.0. The second-order valence-electron chi connectivity index (χ2n) is 21.4. The van der Waals surface area contributed by atoms with Crippen molar-refractivity contribution < 1.29 is 79.7 Å². The molecule has 0 amide bonds.